The van der Waals surface area contributed by atoms with E-state index in [0.29, 0.717) is 178 Å². The molecule has 0 fully saturated rings. The summed E-state index contributed by atoms with van der Waals surface area (Å²) in [7, 11) is 0. The highest BCUT2D eigenvalue weighted by Gasteiger charge is 2.44. The number of carbonyl (C=O) groups excluding carboxylic acids is 6. The van der Waals surface area contributed by atoms with Crippen molar-refractivity contribution in [1.82, 2.24) is 14.7 Å². The molecule has 1 N–H and O–H groups in total. The van der Waals surface area contributed by atoms with Crippen molar-refractivity contribution in [1.29, 1.82) is 0 Å². The topological polar surface area (TPSA) is 169 Å². The molecule has 0 radical (unpaired) electrons. The average molecular weight is 1230 g/mol. The lowest BCUT2D eigenvalue weighted by atomic mass is 9.79. The van der Waals surface area contributed by atoms with Gasteiger partial charge in [-0.05, 0) is 170 Å². The van der Waals surface area contributed by atoms with Crippen LogP contribution in [-0.2, 0) is 23.0 Å². The highest BCUT2D eigenvalue weighted by atomic mass is 17.2. The van der Waals surface area contributed by atoms with Gasteiger partial charge in [0, 0.05) is 111 Å². The number of hydrogen-bond acceptors (Lipinski definition) is 11. The molecule has 10 aromatic carbocycles. The predicted octanol–water partition coefficient (Wildman–Crippen LogP) is 16.6. The van der Waals surface area contributed by atoms with Crippen molar-refractivity contribution in [3.05, 3.63) is 128 Å². The van der Waals surface area contributed by atoms with Gasteiger partial charge in [0.15, 0.2) is 0 Å². The Balaban J connectivity index is 1.16. The first-order valence-corrected chi connectivity index (χ1v) is 33.1. The van der Waals surface area contributed by atoms with Crippen LogP contribution in [0.5, 0.6) is 11.5 Å². The van der Waals surface area contributed by atoms with E-state index in [1.165, 1.54) is 14.7 Å². The fraction of sp³-hybridized carbons (Fsp3) is 0.385. The van der Waals surface area contributed by atoms with Crippen molar-refractivity contribution in [3.8, 4) is 23.3 Å². The van der Waals surface area contributed by atoms with Crippen LogP contribution < -0.4 is 9.47 Å². The van der Waals surface area contributed by atoms with Crippen LogP contribution in [-0.4, -0.2) is 91.2 Å². The Morgan fingerprint density at radius 1 is 0.446 bits per heavy atom. The van der Waals surface area contributed by atoms with E-state index < -0.39 is 41.0 Å². The highest BCUT2D eigenvalue weighted by molar-refractivity contribution is 6.44. The second-order valence-corrected chi connectivity index (χ2v) is 27.1. The molecule has 10 aromatic rings. The van der Waals surface area contributed by atoms with Gasteiger partial charge < -0.3 is 14.6 Å². The molecule has 1 atom stereocenters. The molecular weight excluding hydrogens is 1150 g/mol. The van der Waals surface area contributed by atoms with Crippen molar-refractivity contribution >= 4 is 122 Å². The summed E-state index contributed by atoms with van der Waals surface area (Å²) >= 11 is 0. The van der Waals surface area contributed by atoms with Crippen molar-refractivity contribution < 1.29 is 53.1 Å². The Labute approximate surface area is 534 Å². The van der Waals surface area contributed by atoms with Gasteiger partial charge in [-0.1, -0.05) is 104 Å². The SMILES string of the molecule is CCC(CC)N1C(=O)c2ccc3c4c(C#Cc5cc6c7c(ccc8c9c(OC(C)(C)CO)cc%10c%11c(ccc(c5c78)c%119)COOC%10)C(=O)N(C(CC)CC)C6=O)cc5c6c(cc(OC(C)(CC)CCC(C)C)c(c7ccc(c2c37)C1=O)c64)C(=O)N(C(CC)CC)C5=O. The molecule has 4 aliphatic rings. The zero-order valence-corrected chi connectivity index (χ0v) is 54.6. The van der Waals surface area contributed by atoms with E-state index in [9.17, 15) is 5.11 Å². The monoisotopic (exact) mass is 1230 g/mol. The molecule has 6 amide bonds. The number of imide groups is 3. The summed E-state index contributed by atoms with van der Waals surface area (Å²) in [6.07, 6.45) is 5.51. The maximum atomic E-state index is 15.7. The molecule has 14 rings (SSSR count). The van der Waals surface area contributed by atoms with Crippen LogP contribution >= 0.6 is 0 Å². The van der Waals surface area contributed by atoms with E-state index in [2.05, 4.69) is 39.5 Å². The molecule has 92 heavy (non-hydrogen) atoms. The number of aliphatic hydroxyl groups is 1. The van der Waals surface area contributed by atoms with Crippen LogP contribution in [0.1, 0.15) is 225 Å². The average Bonchev–Trinajstić information content (AvgIpc) is 0.712. The number of nitrogens with zero attached hydrogens (tertiary/aromatic N) is 3. The summed E-state index contributed by atoms with van der Waals surface area (Å²) in [5.74, 6) is 6.23. The van der Waals surface area contributed by atoms with E-state index in [4.69, 9.17) is 19.2 Å². The van der Waals surface area contributed by atoms with Gasteiger partial charge in [-0.25, -0.2) is 9.78 Å². The van der Waals surface area contributed by atoms with Crippen LogP contribution in [0.15, 0.2) is 72.8 Å². The number of aliphatic hydroxyl groups excluding tert-OH is 1. The first-order chi connectivity index (χ1) is 44.2. The molecule has 0 saturated carbocycles. The third-order valence-corrected chi connectivity index (χ3v) is 20.9. The third-order valence-electron chi connectivity index (χ3n) is 20.9. The van der Waals surface area contributed by atoms with Crippen LogP contribution in [0.2, 0.25) is 0 Å². The minimum atomic E-state index is -1.04. The molecule has 0 aliphatic carbocycles. The van der Waals surface area contributed by atoms with Gasteiger partial charge in [0.2, 0.25) is 0 Å². The van der Waals surface area contributed by atoms with Gasteiger partial charge in [0.05, 0.1) is 12.2 Å². The van der Waals surface area contributed by atoms with E-state index in [0.717, 1.165) is 39.1 Å². The Morgan fingerprint density at radius 3 is 1.33 bits per heavy atom. The lowest BCUT2D eigenvalue weighted by molar-refractivity contribution is -0.311. The fourth-order valence-electron chi connectivity index (χ4n) is 15.8. The molecule has 0 saturated heterocycles. The van der Waals surface area contributed by atoms with Gasteiger partial charge in [0.25, 0.3) is 35.4 Å². The Morgan fingerprint density at radius 2 is 0.837 bits per heavy atom. The van der Waals surface area contributed by atoms with E-state index in [-0.39, 0.29) is 43.6 Å². The van der Waals surface area contributed by atoms with Gasteiger partial charge >= 0.3 is 0 Å². The number of carbonyl (C=O) groups is 6. The first kappa shape index (κ1) is 60.8. The maximum absolute atomic E-state index is 15.7. The lowest BCUT2D eigenvalue weighted by Crippen LogP contribution is -2.46. The summed E-state index contributed by atoms with van der Waals surface area (Å²) < 4.78 is 14.3. The Kier molecular flexibility index (Phi) is 14.7. The second-order valence-electron chi connectivity index (χ2n) is 27.1. The standard InChI is InChI=1S/C78H77N3O11/c1-13-44(14-2)79-71(83)51-27-24-47-61-41(33-55-65-56(76(88)81(75(55)87)46(17-5)18-6)35-58(92-78(12,19-7)31-30-39(8)9)67(70(61)65)49-25-28-52(72(79)84)63(51)62(47)49)21-20-40-32-54-64-53(73(85)80(74(54)86)45(15-3)16-4)29-26-50-66-57(91-77(10,11)38-82)34-43-37-90-89-36-42-22-23-48(60(40)69(50)64)68(66)59(42)43/h22-29,32-35,39,44-46,82H,13-19,30-31,36-38H2,1-12H3. The smallest absolute Gasteiger partial charge is 0.261 e. The maximum Gasteiger partial charge on any atom is 0.261 e. The quantitative estimate of drug-likeness (QED) is 0.0285. The zero-order valence-electron chi connectivity index (χ0n) is 54.6. The Hall–Kier alpha value is -8.74. The predicted molar refractivity (Wildman–Crippen MR) is 361 cm³/mol. The van der Waals surface area contributed by atoms with Crippen molar-refractivity contribution in [2.45, 2.75) is 183 Å². The summed E-state index contributed by atoms with van der Waals surface area (Å²) in [5.41, 5.74) is 2.92. The Bertz CT molecular complexity index is 4930. The van der Waals surface area contributed by atoms with Crippen LogP contribution in [0.3, 0.4) is 0 Å². The number of rotatable bonds is 18. The summed E-state index contributed by atoms with van der Waals surface area (Å²) in [6.45, 7) is 24.0. The molecule has 1 unspecified atom stereocenters. The van der Waals surface area contributed by atoms with Crippen molar-refractivity contribution in [2.75, 3.05) is 6.61 Å². The summed E-state index contributed by atoms with van der Waals surface area (Å²) in [5, 5.41) is 21.3. The molecule has 0 aromatic heterocycles. The molecule has 4 aliphatic heterocycles. The van der Waals surface area contributed by atoms with Crippen molar-refractivity contribution in [2.24, 2.45) is 5.92 Å². The number of benzene rings is 10. The first-order valence-electron chi connectivity index (χ1n) is 33.1. The van der Waals surface area contributed by atoms with Crippen molar-refractivity contribution in [3.63, 3.8) is 0 Å². The second kappa shape index (κ2) is 22.2. The van der Waals surface area contributed by atoms with Gasteiger partial charge in [-0.3, -0.25) is 43.5 Å². The minimum Gasteiger partial charge on any atom is -0.487 e. The van der Waals surface area contributed by atoms with Crippen LogP contribution in [0, 0.1) is 17.8 Å². The lowest BCUT2D eigenvalue weighted by Gasteiger charge is -2.36. The summed E-state index contributed by atoms with van der Waals surface area (Å²) in [6, 6.07) is 21.5. The number of fused-ring (bicyclic) bond motifs is 4. The largest absolute Gasteiger partial charge is 0.487 e. The zero-order chi connectivity index (χ0) is 64.9. The normalized spacial score (nSPS) is 15.9. The van der Waals surface area contributed by atoms with Gasteiger partial charge in [-0.15, -0.1) is 0 Å². The fourth-order valence-corrected chi connectivity index (χ4v) is 15.8. The minimum absolute atomic E-state index is 0.0976. The summed E-state index contributed by atoms with van der Waals surface area (Å²) in [4.78, 5) is 108. The number of ether oxygens (including phenoxy) is 2. The van der Waals surface area contributed by atoms with Gasteiger partial charge in [-0.2, -0.15) is 0 Å². The molecule has 14 heteroatoms. The van der Waals surface area contributed by atoms with E-state index in [1.807, 2.05) is 122 Å². The van der Waals surface area contributed by atoms with E-state index in [1.54, 1.807) is 6.07 Å². The molecule has 470 valence electrons. The third kappa shape index (κ3) is 8.70. The highest BCUT2D eigenvalue weighted by Crippen LogP contribution is 2.54. The number of hydrogen-bond donors (Lipinski definition) is 1. The van der Waals surface area contributed by atoms with Gasteiger partial charge in [0.1, 0.15) is 35.9 Å². The molecule has 4 heterocycles. The molecule has 14 nitrogen and oxygen atoms in total. The van der Waals surface area contributed by atoms with E-state index >= 15 is 28.8 Å². The molecule has 0 spiro atoms. The van der Waals surface area contributed by atoms with Crippen LogP contribution in [0.25, 0.3) is 86.2 Å². The molecular formula is C78H77N3O11. The molecule has 0 bridgehead atoms. The van der Waals surface area contributed by atoms with Crippen LogP contribution in [0.4, 0.5) is 0 Å². The number of amides is 6.